The number of carbonyl (C=O) groups is 2. The molecule has 0 aromatic carbocycles. The minimum absolute atomic E-state index is 0. The van der Waals surface area contributed by atoms with Gasteiger partial charge in [0.1, 0.15) is 11.2 Å². The van der Waals surface area contributed by atoms with Crippen molar-refractivity contribution in [3.05, 3.63) is 0 Å². The number of halogens is 1. The Balaban J connectivity index is -0.000000103. The van der Waals surface area contributed by atoms with E-state index in [0.717, 1.165) is 5.75 Å². The standard InChI is InChI=1S/C8H17NO2S.C7H15NO2S.CH3I.Na.H/c1-8(2,3)11-7(10)9-5-6-12-4;1-7(2,3)10-6(9)8-4-5-11;1-2;;/h5-6H2,1-4H3,(H,9,10);11H,4-5H2,1-3H3,(H,8,9);1H3;;/q;;;+1;-1. The number of hydrogen-bond donors (Lipinski definition) is 3. The zero-order valence-electron chi connectivity index (χ0n) is 18.7. The number of thiol groups is 1. The minimum atomic E-state index is -0.416. The molecule has 0 saturated heterocycles. The van der Waals surface area contributed by atoms with Gasteiger partial charge in [-0.2, -0.15) is 24.4 Å². The molecule has 0 aromatic rings. The van der Waals surface area contributed by atoms with Gasteiger partial charge in [-0.1, -0.05) is 22.6 Å². The van der Waals surface area contributed by atoms with Crippen molar-refractivity contribution < 1.29 is 50.0 Å². The molecular formula is C16H36IN2NaO4S2. The van der Waals surface area contributed by atoms with Gasteiger partial charge in [-0.25, -0.2) is 9.59 Å². The van der Waals surface area contributed by atoms with Gasteiger partial charge < -0.3 is 21.5 Å². The fourth-order valence-corrected chi connectivity index (χ4v) is 1.46. The van der Waals surface area contributed by atoms with Crippen molar-refractivity contribution in [2.45, 2.75) is 52.7 Å². The Morgan fingerprint density at radius 1 is 0.962 bits per heavy atom. The molecule has 2 amide bonds. The van der Waals surface area contributed by atoms with Gasteiger partial charge in [0.05, 0.1) is 0 Å². The number of thioether (sulfide) groups is 1. The van der Waals surface area contributed by atoms with Crippen LogP contribution in [0.15, 0.2) is 0 Å². The molecule has 0 radical (unpaired) electrons. The summed E-state index contributed by atoms with van der Waals surface area (Å²) in [4.78, 5) is 23.8. The Bertz CT molecular complexity index is 358. The van der Waals surface area contributed by atoms with Gasteiger partial charge in [-0.05, 0) is 52.7 Å². The number of hydrogen-bond acceptors (Lipinski definition) is 6. The van der Waals surface area contributed by atoms with E-state index < -0.39 is 11.2 Å². The van der Waals surface area contributed by atoms with Crippen LogP contribution in [0, 0.1) is 0 Å². The normalized spacial score (nSPS) is 9.92. The third kappa shape index (κ3) is 36.0. The molecule has 0 unspecified atom stereocenters. The molecule has 26 heavy (non-hydrogen) atoms. The first-order valence-corrected chi connectivity index (χ1v) is 12.0. The summed E-state index contributed by atoms with van der Waals surface area (Å²) in [5.74, 6) is 1.54. The van der Waals surface area contributed by atoms with Crippen LogP contribution in [0.2, 0.25) is 0 Å². The van der Waals surface area contributed by atoms with Crippen molar-refractivity contribution in [1.82, 2.24) is 10.6 Å². The predicted molar refractivity (Wildman–Crippen MR) is 122 cm³/mol. The van der Waals surface area contributed by atoms with Crippen LogP contribution in [-0.2, 0) is 9.47 Å². The molecule has 6 nitrogen and oxygen atoms in total. The van der Waals surface area contributed by atoms with Crippen molar-refractivity contribution in [3.63, 3.8) is 0 Å². The van der Waals surface area contributed by atoms with Crippen LogP contribution in [0.25, 0.3) is 0 Å². The van der Waals surface area contributed by atoms with Gasteiger partial charge >= 0.3 is 41.7 Å². The number of alkyl carbamates (subject to hydrolysis) is 2. The Labute approximate surface area is 206 Å². The van der Waals surface area contributed by atoms with E-state index in [4.69, 9.17) is 9.47 Å². The number of carbonyl (C=O) groups excluding carboxylic acids is 2. The van der Waals surface area contributed by atoms with Crippen molar-refractivity contribution >= 4 is 59.2 Å². The quantitative estimate of drug-likeness (QED) is 0.164. The molecule has 0 heterocycles. The summed E-state index contributed by atoms with van der Waals surface area (Å²) in [5.41, 5.74) is -0.815. The van der Waals surface area contributed by atoms with E-state index in [1.54, 1.807) is 11.8 Å². The van der Waals surface area contributed by atoms with E-state index in [-0.39, 0.29) is 43.2 Å². The van der Waals surface area contributed by atoms with E-state index in [1.165, 1.54) is 0 Å². The van der Waals surface area contributed by atoms with E-state index >= 15 is 0 Å². The summed E-state index contributed by atoms with van der Waals surface area (Å²) < 4.78 is 9.98. The SMILES string of the molecule is CC(C)(C)OC(=O)NCCS.CI.CSCCNC(=O)OC(C)(C)C.[H-].[Na+]. The van der Waals surface area contributed by atoms with Gasteiger partial charge in [0.15, 0.2) is 0 Å². The Morgan fingerprint density at radius 3 is 1.58 bits per heavy atom. The number of amides is 2. The van der Waals surface area contributed by atoms with Crippen molar-refractivity contribution in [2.75, 3.05) is 35.8 Å². The summed E-state index contributed by atoms with van der Waals surface area (Å²) in [6.45, 7) is 12.2. The summed E-state index contributed by atoms with van der Waals surface area (Å²) in [7, 11) is 0. The van der Waals surface area contributed by atoms with E-state index in [0.29, 0.717) is 18.8 Å². The Morgan fingerprint density at radius 2 is 1.31 bits per heavy atom. The molecule has 0 aliphatic rings. The van der Waals surface area contributed by atoms with E-state index in [2.05, 4.69) is 45.9 Å². The zero-order chi connectivity index (χ0) is 20.5. The van der Waals surface area contributed by atoms with Crippen LogP contribution >= 0.6 is 47.0 Å². The van der Waals surface area contributed by atoms with Crippen LogP contribution in [-0.4, -0.2) is 59.2 Å². The second-order valence-electron chi connectivity index (χ2n) is 6.57. The minimum Gasteiger partial charge on any atom is -1.00 e. The number of alkyl halides is 1. The zero-order valence-corrected chi connectivity index (χ0v) is 23.6. The van der Waals surface area contributed by atoms with Crippen molar-refractivity contribution in [3.8, 4) is 0 Å². The van der Waals surface area contributed by atoms with Crippen molar-refractivity contribution in [1.29, 1.82) is 0 Å². The molecular weight excluding hydrogens is 498 g/mol. The summed E-state index contributed by atoms with van der Waals surface area (Å²) in [6.07, 6.45) is 1.28. The topological polar surface area (TPSA) is 76.7 Å². The monoisotopic (exact) mass is 534 g/mol. The van der Waals surface area contributed by atoms with Gasteiger partial charge in [0.25, 0.3) is 0 Å². The van der Waals surface area contributed by atoms with Gasteiger partial charge in [-0.3, -0.25) is 0 Å². The first-order valence-electron chi connectivity index (χ1n) is 7.82. The van der Waals surface area contributed by atoms with Gasteiger partial charge in [0.2, 0.25) is 0 Å². The summed E-state index contributed by atoms with van der Waals surface area (Å²) in [5, 5.41) is 5.21. The van der Waals surface area contributed by atoms with Gasteiger partial charge in [0, 0.05) is 24.6 Å². The summed E-state index contributed by atoms with van der Waals surface area (Å²) in [6, 6.07) is 0. The van der Waals surface area contributed by atoms with Crippen LogP contribution < -0.4 is 40.2 Å². The van der Waals surface area contributed by atoms with Crippen LogP contribution in [0.3, 0.4) is 0 Å². The second-order valence-corrected chi connectivity index (χ2v) is 8.01. The van der Waals surface area contributed by atoms with Gasteiger partial charge in [-0.15, -0.1) is 0 Å². The molecule has 2 N–H and O–H groups in total. The molecule has 154 valence electrons. The van der Waals surface area contributed by atoms with E-state index in [1.807, 2.05) is 52.7 Å². The molecule has 0 spiro atoms. The molecule has 0 rings (SSSR count). The third-order valence-electron chi connectivity index (χ3n) is 1.75. The maximum atomic E-state index is 11.0. The maximum Gasteiger partial charge on any atom is 1.00 e. The summed E-state index contributed by atoms with van der Waals surface area (Å²) >= 11 is 7.78. The number of ether oxygens (including phenoxy) is 2. The molecule has 0 bridgehead atoms. The van der Waals surface area contributed by atoms with Crippen LogP contribution in [0.4, 0.5) is 9.59 Å². The average Bonchev–Trinajstić information content (AvgIpc) is 2.44. The van der Waals surface area contributed by atoms with E-state index in [9.17, 15) is 9.59 Å². The number of rotatable bonds is 5. The maximum absolute atomic E-state index is 11.0. The molecule has 10 heteroatoms. The van der Waals surface area contributed by atoms with Crippen LogP contribution in [0.1, 0.15) is 43.0 Å². The first-order chi connectivity index (χ1) is 11.4. The molecule has 0 fully saturated rings. The molecule has 0 aliphatic carbocycles. The number of nitrogens with one attached hydrogen (secondary N) is 2. The third-order valence-corrected chi connectivity index (χ3v) is 2.59. The second kappa shape index (κ2) is 20.7. The smallest absolute Gasteiger partial charge is 1.00 e. The average molecular weight is 535 g/mol. The molecule has 0 aromatic heterocycles. The largest absolute Gasteiger partial charge is 1.00 e. The molecule has 0 saturated carbocycles. The predicted octanol–water partition coefficient (Wildman–Crippen LogP) is 1.48. The van der Waals surface area contributed by atoms with Crippen molar-refractivity contribution in [2.24, 2.45) is 0 Å². The first kappa shape index (κ1) is 34.5. The fraction of sp³-hybridized carbons (Fsp3) is 0.875. The fourth-order valence-electron chi connectivity index (χ4n) is 1.04. The Hall–Kier alpha value is 0.970. The molecule has 0 atom stereocenters. The molecule has 0 aliphatic heterocycles. The Kier molecular flexibility index (Phi) is 27.4. The van der Waals surface area contributed by atoms with Crippen LogP contribution in [0.5, 0.6) is 0 Å².